The Balaban J connectivity index is 1.85. The number of piperidine rings is 1. The molecule has 2 heterocycles. The van der Waals surface area contributed by atoms with E-state index in [9.17, 15) is 5.11 Å². The summed E-state index contributed by atoms with van der Waals surface area (Å²) in [5, 5.41) is 11.4. The molecule has 0 spiro atoms. The molecule has 0 saturated carbocycles. The van der Waals surface area contributed by atoms with Crippen LogP contribution >= 0.6 is 0 Å². The number of likely N-dealkylation sites (N-methyl/N-ethyl adjacent to an activating group) is 1. The van der Waals surface area contributed by atoms with E-state index in [2.05, 4.69) is 36.3 Å². The predicted molar refractivity (Wildman–Crippen MR) is 87.1 cm³/mol. The summed E-state index contributed by atoms with van der Waals surface area (Å²) < 4.78 is 1.89. The van der Waals surface area contributed by atoms with Crippen LogP contribution in [0.25, 0.3) is 10.9 Å². The van der Waals surface area contributed by atoms with Gasteiger partial charge in [0.1, 0.15) is 7.11 Å². The molecule has 4 heteroatoms. The number of likely N-dealkylation sites (tertiary alicyclic amines) is 1. The van der Waals surface area contributed by atoms with Crippen LogP contribution in [0.5, 0.6) is 0 Å². The first-order chi connectivity index (χ1) is 10.6. The van der Waals surface area contributed by atoms with E-state index in [1.165, 1.54) is 16.5 Å². The average Bonchev–Trinajstić information content (AvgIpc) is 2.87. The van der Waals surface area contributed by atoms with Gasteiger partial charge >= 0.3 is 0 Å². The maximum absolute atomic E-state index is 10.1. The summed E-state index contributed by atoms with van der Waals surface area (Å²) >= 11 is 0. The van der Waals surface area contributed by atoms with Crippen molar-refractivity contribution in [1.29, 1.82) is 0 Å². The van der Waals surface area contributed by atoms with E-state index in [-0.39, 0.29) is 6.10 Å². The standard InChI is InChI=1S/C18H24N2O2/c1-11(21)12-7-15-14-5-4-6-16-18(14)13(10-20(16)22-3)8-17(15)19(2)9-12/h4-6,10-12,15,17,21H,7-9H2,1-3H3/t11?,12-,15-,17-/m1/s1. The molecule has 2 aliphatic rings. The highest BCUT2D eigenvalue weighted by Gasteiger charge is 2.40. The summed E-state index contributed by atoms with van der Waals surface area (Å²) in [5.41, 5.74) is 3.98. The summed E-state index contributed by atoms with van der Waals surface area (Å²) in [6.45, 7) is 2.91. The summed E-state index contributed by atoms with van der Waals surface area (Å²) in [6, 6.07) is 7.05. The topological polar surface area (TPSA) is 37.6 Å². The van der Waals surface area contributed by atoms with Gasteiger partial charge in [-0.2, -0.15) is 4.73 Å². The molecule has 1 fully saturated rings. The van der Waals surface area contributed by atoms with Gasteiger partial charge in [-0.15, -0.1) is 0 Å². The van der Waals surface area contributed by atoms with E-state index >= 15 is 0 Å². The molecular weight excluding hydrogens is 276 g/mol. The van der Waals surface area contributed by atoms with Gasteiger partial charge in [0.05, 0.1) is 11.6 Å². The molecular formula is C18H24N2O2. The van der Waals surface area contributed by atoms with Crippen molar-refractivity contribution in [2.75, 3.05) is 20.7 Å². The Kier molecular flexibility index (Phi) is 3.20. The molecule has 22 heavy (non-hydrogen) atoms. The van der Waals surface area contributed by atoms with Crippen molar-refractivity contribution < 1.29 is 9.94 Å². The molecule has 1 aromatic carbocycles. The van der Waals surface area contributed by atoms with Gasteiger partial charge in [-0.1, -0.05) is 12.1 Å². The third kappa shape index (κ3) is 1.90. The Morgan fingerprint density at radius 2 is 2.18 bits per heavy atom. The molecule has 4 nitrogen and oxygen atoms in total. The highest BCUT2D eigenvalue weighted by molar-refractivity contribution is 5.88. The van der Waals surface area contributed by atoms with Gasteiger partial charge in [0, 0.05) is 30.1 Å². The zero-order valence-electron chi connectivity index (χ0n) is 13.5. The van der Waals surface area contributed by atoms with Crippen molar-refractivity contribution in [3.63, 3.8) is 0 Å². The molecule has 4 atom stereocenters. The molecule has 1 N–H and O–H groups in total. The van der Waals surface area contributed by atoms with E-state index in [1.807, 2.05) is 11.7 Å². The van der Waals surface area contributed by atoms with Crippen molar-refractivity contribution in [2.24, 2.45) is 5.92 Å². The second-order valence-electron chi connectivity index (χ2n) is 6.96. The lowest BCUT2D eigenvalue weighted by atomic mass is 9.71. The van der Waals surface area contributed by atoms with Crippen LogP contribution in [0.1, 0.15) is 30.4 Å². The monoisotopic (exact) mass is 300 g/mol. The molecule has 0 radical (unpaired) electrons. The van der Waals surface area contributed by atoms with Gasteiger partial charge in [-0.25, -0.2) is 0 Å². The normalized spacial score (nSPS) is 29.4. The van der Waals surface area contributed by atoms with Gasteiger partial charge < -0.3 is 14.8 Å². The number of aliphatic hydroxyl groups is 1. The van der Waals surface area contributed by atoms with Gasteiger partial charge in [-0.3, -0.25) is 0 Å². The molecule has 0 amide bonds. The van der Waals surface area contributed by atoms with Gasteiger partial charge in [0.2, 0.25) is 0 Å². The fourth-order valence-corrected chi connectivity index (χ4v) is 4.56. The second-order valence-corrected chi connectivity index (χ2v) is 6.96. The number of hydrogen-bond donors (Lipinski definition) is 1. The molecule has 1 aromatic heterocycles. The summed E-state index contributed by atoms with van der Waals surface area (Å²) in [7, 11) is 3.92. The minimum absolute atomic E-state index is 0.243. The lowest BCUT2D eigenvalue weighted by Crippen LogP contribution is -2.49. The van der Waals surface area contributed by atoms with Crippen LogP contribution < -0.4 is 4.84 Å². The predicted octanol–water partition coefficient (Wildman–Crippen LogP) is 2.04. The average molecular weight is 300 g/mol. The van der Waals surface area contributed by atoms with Crippen LogP contribution in [0, 0.1) is 5.92 Å². The van der Waals surface area contributed by atoms with Crippen LogP contribution in [0.4, 0.5) is 0 Å². The van der Waals surface area contributed by atoms with E-state index in [4.69, 9.17) is 4.84 Å². The van der Waals surface area contributed by atoms with Crippen molar-refractivity contribution >= 4 is 10.9 Å². The number of rotatable bonds is 2. The minimum atomic E-state index is -0.243. The molecule has 0 bridgehead atoms. The lowest BCUT2D eigenvalue weighted by Gasteiger charge is -2.46. The summed E-state index contributed by atoms with van der Waals surface area (Å²) in [6.07, 6.45) is 4.03. The maximum Gasteiger partial charge on any atom is 0.104 e. The third-order valence-electron chi connectivity index (χ3n) is 5.72. The van der Waals surface area contributed by atoms with Gasteiger partial charge in [0.25, 0.3) is 0 Å². The molecule has 118 valence electrons. The SMILES string of the molecule is COn1cc2c3c(cccc31)[C@H]1C[C@@H](C(C)O)CN(C)[C@@H]1C2. The van der Waals surface area contributed by atoms with Crippen LogP contribution in [0.3, 0.4) is 0 Å². The number of aliphatic hydroxyl groups excluding tert-OH is 1. The van der Waals surface area contributed by atoms with Gasteiger partial charge in [0.15, 0.2) is 0 Å². The van der Waals surface area contributed by atoms with Crippen LogP contribution in [-0.2, 0) is 6.42 Å². The highest BCUT2D eigenvalue weighted by Crippen LogP contribution is 2.45. The third-order valence-corrected chi connectivity index (χ3v) is 5.72. The Hall–Kier alpha value is -1.52. The number of hydrogen-bond acceptors (Lipinski definition) is 3. The molecule has 4 rings (SSSR count). The van der Waals surface area contributed by atoms with Gasteiger partial charge in [-0.05, 0) is 49.9 Å². The molecule has 1 unspecified atom stereocenters. The summed E-state index contributed by atoms with van der Waals surface area (Å²) in [4.78, 5) is 7.94. The zero-order chi connectivity index (χ0) is 15.4. The van der Waals surface area contributed by atoms with Crippen molar-refractivity contribution in [2.45, 2.75) is 37.8 Å². The first-order valence-corrected chi connectivity index (χ1v) is 8.15. The Morgan fingerprint density at radius 1 is 1.36 bits per heavy atom. The van der Waals surface area contributed by atoms with Crippen molar-refractivity contribution in [3.8, 4) is 0 Å². The number of nitrogens with zero attached hydrogens (tertiary/aromatic N) is 2. The fourth-order valence-electron chi connectivity index (χ4n) is 4.56. The van der Waals surface area contributed by atoms with E-state index in [0.29, 0.717) is 17.9 Å². The molecule has 1 aliphatic heterocycles. The van der Waals surface area contributed by atoms with Crippen LogP contribution in [0.2, 0.25) is 0 Å². The minimum Gasteiger partial charge on any atom is -0.417 e. The van der Waals surface area contributed by atoms with Crippen molar-refractivity contribution in [3.05, 3.63) is 35.5 Å². The second kappa shape index (κ2) is 5.00. The summed E-state index contributed by atoms with van der Waals surface area (Å²) in [5.74, 6) is 0.856. The maximum atomic E-state index is 10.1. The van der Waals surface area contributed by atoms with E-state index < -0.39 is 0 Å². The van der Waals surface area contributed by atoms with Crippen LogP contribution in [0.15, 0.2) is 24.4 Å². The largest absolute Gasteiger partial charge is 0.417 e. The van der Waals surface area contributed by atoms with E-state index in [0.717, 1.165) is 24.9 Å². The Morgan fingerprint density at radius 3 is 2.91 bits per heavy atom. The molecule has 1 aliphatic carbocycles. The highest BCUT2D eigenvalue weighted by atomic mass is 16.6. The van der Waals surface area contributed by atoms with E-state index in [1.54, 1.807) is 7.11 Å². The zero-order valence-corrected chi connectivity index (χ0v) is 13.5. The fraction of sp³-hybridized carbons (Fsp3) is 0.556. The number of benzene rings is 1. The Bertz CT molecular complexity index is 706. The molecule has 1 saturated heterocycles. The first-order valence-electron chi connectivity index (χ1n) is 8.15. The van der Waals surface area contributed by atoms with Crippen molar-refractivity contribution in [1.82, 2.24) is 9.63 Å². The van der Waals surface area contributed by atoms with Crippen LogP contribution in [-0.4, -0.2) is 47.6 Å². The lowest BCUT2D eigenvalue weighted by molar-refractivity contribution is 0.0345. The smallest absolute Gasteiger partial charge is 0.104 e. The number of aromatic nitrogens is 1. The first kappa shape index (κ1) is 14.1. The Labute approximate surface area is 131 Å². The number of fused-ring (bicyclic) bond motifs is 2. The quantitative estimate of drug-likeness (QED) is 0.922. The molecule has 2 aromatic rings.